The Kier molecular flexibility index (Phi) is 2.68. The lowest BCUT2D eigenvalue weighted by Gasteiger charge is -2.18. The molecule has 4 heteroatoms. The Morgan fingerprint density at radius 3 is 2.67 bits per heavy atom. The van der Waals surface area contributed by atoms with Crippen molar-refractivity contribution in [3.63, 3.8) is 0 Å². The number of benzene rings is 1. The first kappa shape index (κ1) is 10.8. The Labute approximate surface area is 104 Å². The second-order valence-corrected chi connectivity index (χ2v) is 3.98. The number of pyridine rings is 1. The van der Waals surface area contributed by atoms with Crippen LogP contribution >= 0.6 is 0 Å². The first-order valence-corrected chi connectivity index (χ1v) is 5.67. The number of hydrogen-bond acceptors (Lipinski definition) is 4. The number of carbonyl (C=O) groups is 1. The van der Waals surface area contributed by atoms with Crippen LogP contribution in [0.25, 0.3) is 11.1 Å². The number of aromatic nitrogens is 1. The number of nitrogens with zero attached hydrogens (tertiary/aromatic N) is 1. The van der Waals surface area contributed by atoms with E-state index in [9.17, 15) is 4.79 Å². The molecule has 4 nitrogen and oxygen atoms in total. The first-order chi connectivity index (χ1) is 8.86. The van der Waals surface area contributed by atoms with E-state index in [1.807, 2.05) is 18.2 Å². The Hall–Kier alpha value is -2.36. The van der Waals surface area contributed by atoms with E-state index in [-0.39, 0.29) is 0 Å². The van der Waals surface area contributed by atoms with Crippen LogP contribution in [0.1, 0.15) is 10.4 Å². The molecular weight excluding hydrogens is 230 g/mol. The molecule has 0 unspecified atom stereocenters. The molecule has 0 atom stereocenters. The van der Waals surface area contributed by atoms with Crippen LogP contribution in [-0.2, 0) is 0 Å². The van der Waals surface area contributed by atoms with Crippen molar-refractivity contribution in [3.8, 4) is 22.6 Å². The van der Waals surface area contributed by atoms with Gasteiger partial charge in [0.1, 0.15) is 13.2 Å². The van der Waals surface area contributed by atoms with E-state index in [0.717, 1.165) is 28.9 Å². The van der Waals surface area contributed by atoms with Crippen LogP contribution in [0.2, 0.25) is 0 Å². The molecule has 1 aromatic heterocycles. The zero-order valence-electron chi connectivity index (χ0n) is 9.63. The van der Waals surface area contributed by atoms with Gasteiger partial charge in [0.05, 0.1) is 0 Å². The molecule has 0 radical (unpaired) electrons. The van der Waals surface area contributed by atoms with Crippen molar-refractivity contribution in [3.05, 3.63) is 42.2 Å². The molecule has 90 valence electrons. The monoisotopic (exact) mass is 241 g/mol. The molecule has 18 heavy (non-hydrogen) atoms. The molecular formula is C14H11NO3. The van der Waals surface area contributed by atoms with E-state index in [2.05, 4.69) is 4.98 Å². The maximum Gasteiger partial charge on any atom is 0.161 e. The summed E-state index contributed by atoms with van der Waals surface area (Å²) < 4.78 is 11.0. The van der Waals surface area contributed by atoms with Gasteiger partial charge in [-0.1, -0.05) is 6.07 Å². The summed E-state index contributed by atoms with van der Waals surface area (Å²) in [6, 6.07) is 7.50. The number of ether oxygens (including phenoxy) is 2. The Balaban J connectivity index is 2.03. The minimum Gasteiger partial charge on any atom is -0.486 e. The van der Waals surface area contributed by atoms with Gasteiger partial charge in [-0.05, 0) is 23.8 Å². The van der Waals surface area contributed by atoms with Gasteiger partial charge >= 0.3 is 0 Å². The van der Waals surface area contributed by atoms with E-state index in [1.54, 1.807) is 12.3 Å². The molecule has 1 aliphatic rings. The summed E-state index contributed by atoms with van der Waals surface area (Å²) in [4.78, 5) is 14.8. The number of carbonyl (C=O) groups excluding carboxylic acids is 1. The number of hydrogen-bond donors (Lipinski definition) is 0. The normalized spacial score (nSPS) is 13.1. The van der Waals surface area contributed by atoms with Crippen LogP contribution in [0.4, 0.5) is 0 Å². The smallest absolute Gasteiger partial charge is 0.161 e. The van der Waals surface area contributed by atoms with Crippen molar-refractivity contribution in [1.29, 1.82) is 0 Å². The highest BCUT2D eigenvalue weighted by Crippen LogP contribution is 2.34. The third-order valence-electron chi connectivity index (χ3n) is 2.77. The van der Waals surface area contributed by atoms with Crippen molar-refractivity contribution in [2.45, 2.75) is 0 Å². The summed E-state index contributed by atoms with van der Waals surface area (Å²) in [5.41, 5.74) is 2.40. The van der Waals surface area contributed by atoms with Gasteiger partial charge < -0.3 is 9.47 Å². The van der Waals surface area contributed by atoms with Crippen LogP contribution in [-0.4, -0.2) is 24.5 Å². The van der Waals surface area contributed by atoms with E-state index in [1.165, 1.54) is 6.20 Å². The largest absolute Gasteiger partial charge is 0.486 e. The zero-order valence-corrected chi connectivity index (χ0v) is 9.63. The molecule has 1 aromatic carbocycles. The molecule has 0 aliphatic carbocycles. The van der Waals surface area contributed by atoms with Crippen LogP contribution in [0.15, 0.2) is 36.7 Å². The summed E-state index contributed by atoms with van der Waals surface area (Å²) in [7, 11) is 0. The van der Waals surface area contributed by atoms with Gasteiger partial charge in [0, 0.05) is 23.5 Å². The van der Waals surface area contributed by atoms with E-state index >= 15 is 0 Å². The van der Waals surface area contributed by atoms with Crippen LogP contribution < -0.4 is 9.47 Å². The predicted octanol–water partition coefficient (Wildman–Crippen LogP) is 2.33. The molecule has 0 spiro atoms. The molecule has 0 saturated carbocycles. The minimum atomic E-state index is 0.558. The molecule has 0 N–H and O–H groups in total. The molecule has 2 heterocycles. The van der Waals surface area contributed by atoms with E-state index in [0.29, 0.717) is 18.8 Å². The van der Waals surface area contributed by atoms with Crippen molar-refractivity contribution in [2.75, 3.05) is 13.2 Å². The number of aldehydes is 1. The molecule has 0 bridgehead atoms. The highest BCUT2D eigenvalue weighted by Gasteiger charge is 2.12. The molecule has 1 aliphatic heterocycles. The van der Waals surface area contributed by atoms with Gasteiger partial charge in [-0.3, -0.25) is 9.78 Å². The average molecular weight is 241 g/mol. The van der Waals surface area contributed by atoms with Gasteiger partial charge in [0.25, 0.3) is 0 Å². The highest BCUT2D eigenvalue weighted by atomic mass is 16.6. The standard InChI is InChI=1S/C14H11NO3/c16-9-10-5-12(8-15-7-10)11-1-2-13-14(6-11)18-4-3-17-13/h1-2,5-9H,3-4H2. The fourth-order valence-corrected chi connectivity index (χ4v) is 1.90. The topological polar surface area (TPSA) is 48.4 Å². The lowest BCUT2D eigenvalue weighted by atomic mass is 10.1. The summed E-state index contributed by atoms with van der Waals surface area (Å²) >= 11 is 0. The van der Waals surface area contributed by atoms with Crippen molar-refractivity contribution in [1.82, 2.24) is 4.98 Å². The van der Waals surface area contributed by atoms with Crippen LogP contribution in [0.3, 0.4) is 0 Å². The first-order valence-electron chi connectivity index (χ1n) is 5.67. The van der Waals surface area contributed by atoms with E-state index < -0.39 is 0 Å². The second kappa shape index (κ2) is 4.49. The van der Waals surface area contributed by atoms with Crippen molar-refractivity contribution < 1.29 is 14.3 Å². The van der Waals surface area contributed by atoms with Gasteiger partial charge in [-0.2, -0.15) is 0 Å². The summed E-state index contributed by atoms with van der Waals surface area (Å²) in [6.07, 6.45) is 4.04. The molecule has 0 saturated heterocycles. The quantitative estimate of drug-likeness (QED) is 0.757. The van der Waals surface area contributed by atoms with Crippen molar-refractivity contribution >= 4 is 6.29 Å². The SMILES string of the molecule is O=Cc1cncc(-c2ccc3c(c2)OCCO3)c1. The summed E-state index contributed by atoms with van der Waals surface area (Å²) in [5, 5.41) is 0. The lowest BCUT2D eigenvalue weighted by Crippen LogP contribution is -2.15. The fourth-order valence-electron chi connectivity index (χ4n) is 1.90. The second-order valence-electron chi connectivity index (χ2n) is 3.98. The maximum atomic E-state index is 10.7. The van der Waals surface area contributed by atoms with Crippen molar-refractivity contribution in [2.24, 2.45) is 0 Å². The van der Waals surface area contributed by atoms with Gasteiger partial charge in [-0.15, -0.1) is 0 Å². The van der Waals surface area contributed by atoms with Crippen LogP contribution in [0, 0.1) is 0 Å². The van der Waals surface area contributed by atoms with Crippen LogP contribution in [0.5, 0.6) is 11.5 Å². The average Bonchev–Trinajstić information content (AvgIpc) is 2.47. The summed E-state index contributed by atoms with van der Waals surface area (Å²) in [5.74, 6) is 1.49. The van der Waals surface area contributed by atoms with E-state index in [4.69, 9.17) is 9.47 Å². The maximum absolute atomic E-state index is 10.7. The number of fused-ring (bicyclic) bond motifs is 1. The van der Waals surface area contributed by atoms with Gasteiger partial charge in [-0.25, -0.2) is 0 Å². The molecule has 3 rings (SSSR count). The third kappa shape index (κ3) is 1.93. The highest BCUT2D eigenvalue weighted by molar-refractivity contribution is 5.78. The minimum absolute atomic E-state index is 0.558. The molecule has 0 fully saturated rings. The zero-order chi connectivity index (χ0) is 12.4. The van der Waals surface area contributed by atoms with Gasteiger partial charge in [0.2, 0.25) is 0 Å². The lowest BCUT2D eigenvalue weighted by molar-refractivity contribution is 0.112. The number of rotatable bonds is 2. The van der Waals surface area contributed by atoms with Gasteiger partial charge in [0.15, 0.2) is 17.8 Å². The Bertz CT molecular complexity index is 595. The fraction of sp³-hybridized carbons (Fsp3) is 0.143. The Morgan fingerprint density at radius 2 is 1.83 bits per heavy atom. The molecule has 0 amide bonds. The summed E-state index contributed by atoms with van der Waals surface area (Å²) in [6.45, 7) is 1.14. The third-order valence-corrected chi connectivity index (χ3v) is 2.77. The predicted molar refractivity (Wildman–Crippen MR) is 66.1 cm³/mol. The Morgan fingerprint density at radius 1 is 1.00 bits per heavy atom. The molecule has 2 aromatic rings.